The summed E-state index contributed by atoms with van der Waals surface area (Å²) in [4.78, 5) is 13.7. The molecule has 3 atom stereocenters. The Morgan fingerprint density at radius 2 is 2.20 bits per heavy atom. The Kier molecular flexibility index (Phi) is 4.38. The lowest BCUT2D eigenvalue weighted by Crippen LogP contribution is -2.43. The van der Waals surface area contributed by atoms with Gasteiger partial charge in [-0.3, -0.25) is 4.79 Å². The van der Waals surface area contributed by atoms with Crippen molar-refractivity contribution >= 4 is 17.2 Å². The molecule has 1 aliphatic heterocycles. The van der Waals surface area contributed by atoms with Crippen LogP contribution in [0.25, 0.3) is 0 Å². The molecule has 0 aromatic carbocycles. The Bertz CT molecular complexity index is 443. The van der Waals surface area contributed by atoms with Crippen LogP contribution in [-0.4, -0.2) is 25.2 Å². The van der Waals surface area contributed by atoms with Crippen molar-refractivity contribution < 1.29 is 9.53 Å². The number of amides is 1. The van der Waals surface area contributed by atoms with E-state index in [1.807, 2.05) is 0 Å². The Balaban J connectivity index is 1.71. The maximum absolute atomic E-state index is 12.5. The first-order valence-corrected chi connectivity index (χ1v) is 8.31. The summed E-state index contributed by atoms with van der Waals surface area (Å²) in [6, 6.07) is 4.16. The highest BCUT2D eigenvalue weighted by atomic mass is 32.1. The molecule has 110 valence electrons. The lowest BCUT2D eigenvalue weighted by Gasteiger charge is -2.26. The van der Waals surface area contributed by atoms with Gasteiger partial charge < -0.3 is 15.8 Å². The van der Waals surface area contributed by atoms with Gasteiger partial charge in [0.05, 0.1) is 25.2 Å². The molecule has 1 aromatic heterocycles. The summed E-state index contributed by atoms with van der Waals surface area (Å²) >= 11 is 1.73. The van der Waals surface area contributed by atoms with Crippen LogP contribution in [0.3, 0.4) is 0 Å². The minimum absolute atomic E-state index is 0.0558. The Hall–Kier alpha value is -0.910. The van der Waals surface area contributed by atoms with Gasteiger partial charge in [0, 0.05) is 10.9 Å². The molecule has 4 nitrogen and oxygen atoms in total. The van der Waals surface area contributed by atoms with Crippen LogP contribution < -0.4 is 11.1 Å². The number of hydrogen-bond acceptors (Lipinski definition) is 4. The average molecular weight is 294 g/mol. The van der Waals surface area contributed by atoms with Crippen LogP contribution in [0.4, 0.5) is 0 Å². The Morgan fingerprint density at radius 3 is 2.80 bits per heavy atom. The summed E-state index contributed by atoms with van der Waals surface area (Å²) in [5.41, 5.74) is 5.94. The molecule has 20 heavy (non-hydrogen) atoms. The smallest absolute Gasteiger partial charge is 0.227 e. The van der Waals surface area contributed by atoms with Crippen molar-refractivity contribution in [3.63, 3.8) is 0 Å². The van der Waals surface area contributed by atoms with Crippen LogP contribution >= 0.6 is 11.3 Å². The monoisotopic (exact) mass is 294 g/mol. The number of hydrogen-bond donors (Lipinski definition) is 2. The van der Waals surface area contributed by atoms with Gasteiger partial charge in [-0.15, -0.1) is 11.3 Å². The van der Waals surface area contributed by atoms with Gasteiger partial charge in [-0.1, -0.05) is 18.9 Å². The first-order valence-electron chi connectivity index (χ1n) is 7.43. The zero-order chi connectivity index (χ0) is 13.9. The number of rotatable bonds is 4. The topological polar surface area (TPSA) is 64.3 Å². The molecule has 1 aliphatic carbocycles. The minimum atomic E-state index is -0.195. The molecule has 1 saturated carbocycles. The number of carbonyl (C=O) groups excluding carboxylic acids is 1. The number of carbonyl (C=O) groups is 1. The third-order valence-corrected chi connectivity index (χ3v) is 5.44. The molecule has 2 fully saturated rings. The van der Waals surface area contributed by atoms with Gasteiger partial charge in [-0.05, 0) is 30.2 Å². The van der Waals surface area contributed by atoms with Gasteiger partial charge in [0.2, 0.25) is 5.91 Å². The van der Waals surface area contributed by atoms with Crippen molar-refractivity contribution in [1.82, 2.24) is 5.32 Å². The largest absolute Gasteiger partial charge is 0.379 e. The second-order valence-electron chi connectivity index (χ2n) is 5.85. The highest BCUT2D eigenvalue weighted by Gasteiger charge is 2.35. The zero-order valence-corrected chi connectivity index (χ0v) is 12.4. The van der Waals surface area contributed by atoms with Crippen molar-refractivity contribution in [2.45, 2.75) is 37.8 Å². The Labute approximate surface area is 123 Å². The van der Waals surface area contributed by atoms with E-state index in [0.29, 0.717) is 19.1 Å². The maximum atomic E-state index is 12.5. The standard InChI is InChI=1S/C15H22N2O2S/c16-12-9-19-8-11(12)15(18)17-14(10-4-1-2-5-10)13-6-3-7-20-13/h3,6-7,10-12,14H,1-2,4-5,8-9,16H2,(H,17,18). The zero-order valence-electron chi connectivity index (χ0n) is 11.6. The Morgan fingerprint density at radius 1 is 1.40 bits per heavy atom. The van der Waals surface area contributed by atoms with Gasteiger partial charge in [-0.25, -0.2) is 0 Å². The molecule has 1 aromatic rings. The van der Waals surface area contributed by atoms with Gasteiger partial charge in [-0.2, -0.15) is 0 Å². The number of nitrogens with two attached hydrogens (primary N) is 1. The van der Waals surface area contributed by atoms with E-state index in [1.54, 1.807) is 11.3 Å². The van der Waals surface area contributed by atoms with E-state index in [9.17, 15) is 4.79 Å². The van der Waals surface area contributed by atoms with E-state index in [1.165, 1.54) is 30.6 Å². The third kappa shape index (κ3) is 2.90. The minimum Gasteiger partial charge on any atom is -0.379 e. The molecule has 0 bridgehead atoms. The molecule has 3 unspecified atom stereocenters. The van der Waals surface area contributed by atoms with Crippen LogP contribution in [0, 0.1) is 11.8 Å². The van der Waals surface area contributed by atoms with E-state index >= 15 is 0 Å². The summed E-state index contributed by atoms with van der Waals surface area (Å²) in [5.74, 6) is 0.426. The lowest BCUT2D eigenvalue weighted by atomic mass is 9.95. The molecule has 3 N–H and O–H groups in total. The van der Waals surface area contributed by atoms with Crippen molar-refractivity contribution in [3.8, 4) is 0 Å². The van der Waals surface area contributed by atoms with Gasteiger partial charge in [0.15, 0.2) is 0 Å². The van der Waals surface area contributed by atoms with Gasteiger partial charge in [0.25, 0.3) is 0 Å². The van der Waals surface area contributed by atoms with Crippen LogP contribution in [0.15, 0.2) is 17.5 Å². The molecule has 0 radical (unpaired) electrons. The molecular formula is C15H22N2O2S. The lowest BCUT2D eigenvalue weighted by molar-refractivity contribution is -0.126. The highest BCUT2D eigenvalue weighted by molar-refractivity contribution is 7.10. The van der Waals surface area contributed by atoms with Gasteiger partial charge in [0.1, 0.15) is 0 Å². The number of ether oxygens (including phenoxy) is 1. The molecule has 2 aliphatic rings. The van der Waals surface area contributed by atoms with Crippen molar-refractivity contribution in [1.29, 1.82) is 0 Å². The van der Waals surface area contributed by atoms with E-state index in [2.05, 4.69) is 22.8 Å². The van der Waals surface area contributed by atoms with Gasteiger partial charge >= 0.3 is 0 Å². The summed E-state index contributed by atoms with van der Waals surface area (Å²) in [7, 11) is 0. The molecule has 5 heteroatoms. The molecule has 1 amide bonds. The fourth-order valence-electron chi connectivity index (χ4n) is 3.28. The van der Waals surface area contributed by atoms with Crippen LogP contribution in [0.1, 0.15) is 36.6 Å². The summed E-state index contributed by atoms with van der Waals surface area (Å²) in [5, 5.41) is 5.32. The van der Waals surface area contributed by atoms with Crippen molar-refractivity contribution in [3.05, 3.63) is 22.4 Å². The summed E-state index contributed by atoms with van der Waals surface area (Å²) < 4.78 is 5.31. The van der Waals surface area contributed by atoms with Crippen LogP contribution in [-0.2, 0) is 9.53 Å². The van der Waals surface area contributed by atoms with E-state index in [4.69, 9.17) is 10.5 Å². The fourth-order valence-corrected chi connectivity index (χ4v) is 4.15. The first-order chi connectivity index (χ1) is 9.75. The quantitative estimate of drug-likeness (QED) is 0.893. The van der Waals surface area contributed by atoms with E-state index in [-0.39, 0.29) is 23.9 Å². The number of nitrogens with one attached hydrogen (secondary N) is 1. The van der Waals surface area contributed by atoms with Crippen molar-refractivity contribution in [2.24, 2.45) is 17.6 Å². The summed E-state index contributed by atoms with van der Waals surface area (Å²) in [6.45, 7) is 0.944. The molecule has 0 spiro atoms. The molecule has 3 rings (SSSR count). The highest BCUT2D eigenvalue weighted by Crippen LogP contribution is 2.37. The van der Waals surface area contributed by atoms with E-state index in [0.717, 1.165) is 0 Å². The number of thiophene rings is 1. The predicted molar refractivity (Wildman–Crippen MR) is 79.4 cm³/mol. The normalized spacial score (nSPS) is 28.6. The van der Waals surface area contributed by atoms with Crippen LogP contribution in [0.2, 0.25) is 0 Å². The average Bonchev–Trinajstić information content (AvgIpc) is 3.18. The second kappa shape index (κ2) is 6.24. The predicted octanol–water partition coefficient (Wildman–Crippen LogP) is 2.07. The molecule has 2 heterocycles. The van der Waals surface area contributed by atoms with Crippen LogP contribution in [0.5, 0.6) is 0 Å². The molecular weight excluding hydrogens is 272 g/mol. The first kappa shape index (κ1) is 14.0. The van der Waals surface area contributed by atoms with Crippen molar-refractivity contribution in [2.75, 3.05) is 13.2 Å². The maximum Gasteiger partial charge on any atom is 0.227 e. The fraction of sp³-hybridized carbons (Fsp3) is 0.667. The summed E-state index contributed by atoms with van der Waals surface area (Å²) in [6.07, 6.45) is 4.95. The third-order valence-electron chi connectivity index (χ3n) is 4.48. The SMILES string of the molecule is NC1COCC1C(=O)NC(c1cccs1)C1CCCC1. The molecule has 1 saturated heterocycles. The second-order valence-corrected chi connectivity index (χ2v) is 6.83. The van der Waals surface area contributed by atoms with E-state index < -0.39 is 0 Å².